The summed E-state index contributed by atoms with van der Waals surface area (Å²) in [5, 5.41) is 0. The Balaban J connectivity index is 1.86. The summed E-state index contributed by atoms with van der Waals surface area (Å²) in [7, 11) is -3.63. The highest BCUT2D eigenvalue weighted by atomic mass is 32.2. The van der Waals surface area contributed by atoms with Crippen LogP contribution in [0.1, 0.15) is 18.4 Å². The number of fused-ring (bicyclic) bond motifs is 2. The fraction of sp³-hybridized carbons (Fsp3) is 0.235. The van der Waals surface area contributed by atoms with Crippen LogP contribution in [0.25, 0.3) is 11.1 Å². The average molecular weight is 328 g/mol. The molecule has 0 amide bonds. The van der Waals surface area contributed by atoms with Crippen molar-refractivity contribution in [1.29, 1.82) is 0 Å². The largest absolute Gasteiger partial charge is 0.441 e. The molecule has 23 heavy (non-hydrogen) atoms. The smallest absolute Gasteiger partial charge is 0.264 e. The second-order valence-electron chi connectivity index (χ2n) is 5.85. The van der Waals surface area contributed by atoms with Gasteiger partial charge < -0.3 is 4.42 Å². The molecule has 1 unspecified atom stereocenters. The van der Waals surface area contributed by atoms with Crippen LogP contribution in [-0.2, 0) is 16.4 Å². The van der Waals surface area contributed by atoms with Crippen LogP contribution in [0.4, 0.5) is 5.69 Å². The number of para-hydroxylation sites is 1. The van der Waals surface area contributed by atoms with Gasteiger partial charge in [0.1, 0.15) is 5.52 Å². The number of hydrogen-bond acceptors (Lipinski definition) is 4. The highest BCUT2D eigenvalue weighted by Gasteiger charge is 2.36. The van der Waals surface area contributed by atoms with Crippen LogP contribution in [0, 0.1) is 6.92 Å². The molecular weight excluding hydrogens is 312 g/mol. The van der Waals surface area contributed by atoms with Crippen molar-refractivity contribution in [3.63, 3.8) is 0 Å². The molecule has 2 heterocycles. The average Bonchev–Trinajstić information content (AvgIpc) is 3.04. The van der Waals surface area contributed by atoms with Gasteiger partial charge in [-0.15, -0.1) is 0 Å². The summed E-state index contributed by atoms with van der Waals surface area (Å²) in [6.45, 7) is 3.67. The van der Waals surface area contributed by atoms with Gasteiger partial charge in [0, 0.05) is 13.0 Å². The molecule has 0 radical (unpaired) electrons. The van der Waals surface area contributed by atoms with Crippen LogP contribution >= 0.6 is 0 Å². The molecule has 1 atom stereocenters. The third kappa shape index (κ3) is 2.13. The summed E-state index contributed by atoms with van der Waals surface area (Å²) in [6.07, 6.45) is 0.723. The third-order valence-corrected chi connectivity index (χ3v) is 6.09. The Morgan fingerprint density at radius 2 is 2.00 bits per heavy atom. The lowest BCUT2D eigenvalue weighted by molar-refractivity contribution is 0.561. The maximum Gasteiger partial charge on any atom is 0.264 e. The first kappa shape index (κ1) is 14.3. The molecule has 6 heteroatoms. The van der Waals surface area contributed by atoms with E-state index in [9.17, 15) is 8.42 Å². The van der Waals surface area contributed by atoms with E-state index in [4.69, 9.17) is 4.42 Å². The molecule has 0 fully saturated rings. The third-order valence-electron chi connectivity index (χ3n) is 4.17. The first-order valence-electron chi connectivity index (χ1n) is 7.46. The van der Waals surface area contributed by atoms with Gasteiger partial charge in [0.25, 0.3) is 10.0 Å². The molecule has 3 aromatic rings. The van der Waals surface area contributed by atoms with Crippen LogP contribution in [0.15, 0.2) is 51.8 Å². The Bertz CT molecular complexity index is 1010. The maximum absolute atomic E-state index is 13.1. The molecule has 0 spiro atoms. The van der Waals surface area contributed by atoms with Gasteiger partial charge in [-0.1, -0.05) is 18.2 Å². The van der Waals surface area contributed by atoms with Crippen molar-refractivity contribution in [2.24, 2.45) is 0 Å². The van der Waals surface area contributed by atoms with Gasteiger partial charge in [0.05, 0.1) is 10.6 Å². The number of aryl methyl sites for hydroxylation is 1. The summed E-state index contributed by atoms with van der Waals surface area (Å²) >= 11 is 0. The standard InChI is InChI=1S/C17H16N2O3S/c1-11-9-13-5-3-4-6-16(13)19(11)23(20,21)14-7-8-17-15(10-14)18-12(2)22-17/h3-8,10-11H,9H2,1-2H3. The van der Waals surface area contributed by atoms with Gasteiger partial charge in [-0.05, 0) is 43.2 Å². The minimum Gasteiger partial charge on any atom is -0.441 e. The van der Waals surface area contributed by atoms with E-state index in [0.29, 0.717) is 17.0 Å². The summed E-state index contributed by atoms with van der Waals surface area (Å²) in [6, 6.07) is 12.3. The van der Waals surface area contributed by atoms with E-state index >= 15 is 0 Å². The van der Waals surface area contributed by atoms with Crippen molar-refractivity contribution < 1.29 is 12.8 Å². The van der Waals surface area contributed by atoms with Gasteiger partial charge in [-0.25, -0.2) is 13.4 Å². The monoisotopic (exact) mass is 328 g/mol. The Kier molecular flexibility index (Phi) is 2.99. The highest BCUT2D eigenvalue weighted by Crippen LogP contribution is 2.36. The zero-order valence-corrected chi connectivity index (χ0v) is 13.7. The Hall–Kier alpha value is -2.34. The van der Waals surface area contributed by atoms with Crippen molar-refractivity contribution in [2.45, 2.75) is 31.2 Å². The zero-order chi connectivity index (χ0) is 16.2. The Labute approximate surface area is 134 Å². The number of rotatable bonds is 2. The lowest BCUT2D eigenvalue weighted by Gasteiger charge is -2.24. The normalized spacial score (nSPS) is 17.7. The fourth-order valence-electron chi connectivity index (χ4n) is 3.20. The molecule has 1 aliphatic rings. The molecule has 0 saturated carbocycles. The number of hydrogen-bond donors (Lipinski definition) is 0. The molecule has 0 N–H and O–H groups in total. The first-order chi connectivity index (χ1) is 11.0. The second kappa shape index (κ2) is 4.83. The first-order valence-corrected chi connectivity index (χ1v) is 8.90. The molecule has 1 aliphatic heterocycles. The van der Waals surface area contributed by atoms with E-state index in [0.717, 1.165) is 17.7 Å². The van der Waals surface area contributed by atoms with Crippen LogP contribution < -0.4 is 4.31 Å². The molecule has 5 nitrogen and oxygen atoms in total. The molecule has 4 rings (SSSR count). The van der Waals surface area contributed by atoms with Crippen molar-refractivity contribution >= 4 is 26.8 Å². The van der Waals surface area contributed by atoms with Crippen molar-refractivity contribution in [1.82, 2.24) is 4.98 Å². The van der Waals surface area contributed by atoms with E-state index in [-0.39, 0.29) is 10.9 Å². The van der Waals surface area contributed by atoms with Crippen LogP contribution in [0.2, 0.25) is 0 Å². The molecule has 0 saturated heterocycles. The topological polar surface area (TPSA) is 63.4 Å². The zero-order valence-electron chi connectivity index (χ0n) is 12.9. The van der Waals surface area contributed by atoms with Gasteiger partial charge in [0.2, 0.25) is 0 Å². The Morgan fingerprint density at radius 3 is 2.83 bits per heavy atom. The Morgan fingerprint density at radius 1 is 1.22 bits per heavy atom. The van der Waals surface area contributed by atoms with Gasteiger partial charge in [0.15, 0.2) is 11.5 Å². The predicted octanol–water partition coefficient (Wildman–Crippen LogP) is 3.28. The van der Waals surface area contributed by atoms with E-state index in [1.54, 1.807) is 25.1 Å². The quantitative estimate of drug-likeness (QED) is 0.724. The molecule has 118 valence electrons. The lowest BCUT2D eigenvalue weighted by atomic mass is 10.1. The lowest BCUT2D eigenvalue weighted by Crippen LogP contribution is -2.35. The number of nitrogens with zero attached hydrogens (tertiary/aromatic N) is 2. The van der Waals surface area contributed by atoms with Gasteiger partial charge in [-0.2, -0.15) is 0 Å². The predicted molar refractivity (Wildman–Crippen MR) is 88.0 cm³/mol. The SMILES string of the molecule is Cc1nc2cc(S(=O)(=O)N3c4ccccc4CC3C)ccc2o1. The molecule has 0 aliphatic carbocycles. The summed E-state index contributed by atoms with van der Waals surface area (Å²) < 4.78 is 33.2. The second-order valence-corrected chi connectivity index (χ2v) is 7.66. The van der Waals surface area contributed by atoms with E-state index < -0.39 is 10.0 Å². The molecule has 1 aromatic heterocycles. The summed E-state index contributed by atoms with van der Waals surface area (Å²) in [5.41, 5.74) is 2.97. The molecular formula is C17H16N2O3S. The minimum absolute atomic E-state index is 0.104. The maximum atomic E-state index is 13.1. The van der Waals surface area contributed by atoms with Crippen LogP contribution in [0.5, 0.6) is 0 Å². The molecule has 0 bridgehead atoms. The highest BCUT2D eigenvalue weighted by molar-refractivity contribution is 7.92. The number of benzene rings is 2. The van der Waals surface area contributed by atoms with Crippen LogP contribution in [0.3, 0.4) is 0 Å². The number of aromatic nitrogens is 1. The number of sulfonamides is 1. The van der Waals surface area contributed by atoms with Crippen molar-refractivity contribution in [3.05, 3.63) is 53.9 Å². The number of anilines is 1. The van der Waals surface area contributed by atoms with Crippen LogP contribution in [-0.4, -0.2) is 19.4 Å². The van der Waals surface area contributed by atoms with E-state index in [1.165, 1.54) is 4.31 Å². The fourth-order valence-corrected chi connectivity index (χ4v) is 4.91. The van der Waals surface area contributed by atoms with Crippen molar-refractivity contribution in [3.8, 4) is 0 Å². The summed E-state index contributed by atoms with van der Waals surface area (Å²) in [5.74, 6) is 0.523. The van der Waals surface area contributed by atoms with Gasteiger partial charge >= 0.3 is 0 Å². The number of oxazole rings is 1. The summed E-state index contributed by atoms with van der Waals surface area (Å²) in [4.78, 5) is 4.47. The van der Waals surface area contributed by atoms with E-state index in [1.807, 2.05) is 31.2 Å². The minimum atomic E-state index is -3.63. The molecule has 2 aromatic carbocycles. The van der Waals surface area contributed by atoms with E-state index in [2.05, 4.69) is 4.98 Å². The van der Waals surface area contributed by atoms with Crippen molar-refractivity contribution in [2.75, 3.05) is 4.31 Å². The van der Waals surface area contributed by atoms with Gasteiger partial charge in [-0.3, -0.25) is 4.31 Å².